The molecule has 0 bridgehead atoms. The summed E-state index contributed by atoms with van der Waals surface area (Å²) in [5.74, 6) is 0. The van der Waals surface area contributed by atoms with Gasteiger partial charge in [-0.15, -0.1) is 0 Å². The van der Waals surface area contributed by atoms with Gasteiger partial charge in [-0.2, -0.15) is 5.10 Å². The number of fused-ring (bicyclic) bond motifs is 1. The summed E-state index contributed by atoms with van der Waals surface area (Å²) >= 11 is 0. The van der Waals surface area contributed by atoms with Crippen molar-refractivity contribution in [2.45, 2.75) is 58.1 Å². The van der Waals surface area contributed by atoms with Crippen molar-refractivity contribution in [1.29, 1.82) is 0 Å². The van der Waals surface area contributed by atoms with E-state index in [1.54, 1.807) is 0 Å². The molecule has 0 radical (unpaired) electrons. The summed E-state index contributed by atoms with van der Waals surface area (Å²) in [6.07, 6.45) is 5.41. The zero-order chi connectivity index (χ0) is 13.2. The lowest BCUT2D eigenvalue weighted by molar-refractivity contribution is 0.0501. The van der Waals surface area contributed by atoms with E-state index in [4.69, 9.17) is 4.74 Å². The fourth-order valence-corrected chi connectivity index (χ4v) is 2.21. The Kier molecular flexibility index (Phi) is 3.59. The molecular formula is C13H21N3O2. The summed E-state index contributed by atoms with van der Waals surface area (Å²) in [5, 5.41) is 9.99. The van der Waals surface area contributed by atoms with E-state index in [-0.39, 0.29) is 12.1 Å². The van der Waals surface area contributed by atoms with Gasteiger partial charge in [-0.05, 0) is 45.6 Å². The van der Waals surface area contributed by atoms with E-state index in [1.165, 1.54) is 5.56 Å². The number of carbonyl (C=O) groups is 1. The van der Waals surface area contributed by atoms with Gasteiger partial charge in [-0.1, -0.05) is 0 Å². The van der Waals surface area contributed by atoms with Gasteiger partial charge in [0.1, 0.15) is 5.60 Å². The summed E-state index contributed by atoms with van der Waals surface area (Å²) in [6.45, 7) is 5.60. The Hall–Kier alpha value is -1.52. The Bertz CT molecular complexity index is 420. The minimum absolute atomic E-state index is 0.126. The zero-order valence-electron chi connectivity index (χ0n) is 11.2. The number of carbonyl (C=O) groups excluding carboxylic acids is 1. The lowest BCUT2D eigenvalue weighted by Gasteiger charge is -2.22. The third kappa shape index (κ3) is 3.48. The van der Waals surface area contributed by atoms with Crippen molar-refractivity contribution < 1.29 is 9.53 Å². The summed E-state index contributed by atoms with van der Waals surface area (Å²) in [4.78, 5) is 11.7. The predicted octanol–water partition coefficient (Wildman–Crippen LogP) is 2.18. The number of aromatic amines is 1. The number of nitrogens with zero attached hydrogens (tertiary/aromatic N) is 1. The Morgan fingerprint density at radius 1 is 1.56 bits per heavy atom. The van der Waals surface area contributed by atoms with Crippen molar-refractivity contribution >= 4 is 6.09 Å². The van der Waals surface area contributed by atoms with Gasteiger partial charge < -0.3 is 10.1 Å². The van der Waals surface area contributed by atoms with Gasteiger partial charge in [-0.25, -0.2) is 4.79 Å². The molecule has 1 amide bonds. The summed E-state index contributed by atoms with van der Waals surface area (Å²) in [5.41, 5.74) is 1.95. The second-order valence-corrected chi connectivity index (χ2v) is 5.81. The maximum atomic E-state index is 11.7. The first-order chi connectivity index (χ1) is 8.44. The van der Waals surface area contributed by atoms with Gasteiger partial charge >= 0.3 is 6.09 Å². The molecule has 1 heterocycles. The van der Waals surface area contributed by atoms with Crippen molar-refractivity contribution in [2.75, 3.05) is 0 Å². The molecule has 0 fully saturated rings. The van der Waals surface area contributed by atoms with Crippen LogP contribution in [0, 0.1) is 0 Å². The Balaban J connectivity index is 1.93. The molecular weight excluding hydrogens is 230 g/mol. The van der Waals surface area contributed by atoms with Crippen LogP contribution in [0.15, 0.2) is 6.20 Å². The van der Waals surface area contributed by atoms with Crippen LogP contribution in [0.5, 0.6) is 0 Å². The van der Waals surface area contributed by atoms with Crippen molar-refractivity contribution in [3.05, 3.63) is 17.5 Å². The molecule has 18 heavy (non-hydrogen) atoms. The summed E-state index contributed by atoms with van der Waals surface area (Å²) in [7, 11) is 0. The fraction of sp³-hybridized carbons (Fsp3) is 0.692. The third-order valence-corrected chi connectivity index (χ3v) is 2.98. The number of amides is 1. The lowest BCUT2D eigenvalue weighted by atomic mass is 10.1. The van der Waals surface area contributed by atoms with Crippen LogP contribution in [-0.4, -0.2) is 27.9 Å². The molecule has 2 N–H and O–H groups in total. The van der Waals surface area contributed by atoms with Crippen LogP contribution in [0.1, 0.15) is 44.9 Å². The normalized spacial score (nSPS) is 19.8. The number of hydrogen-bond acceptors (Lipinski definition) is 3. The maximum Gasteiger partial charge on any atom is 0.407 e. The minimum Gasteiger partial charge on any atom is -0.444 e. The molecule has 1 aliphatic carbocycles. The molecule has 1 aliphatic rings. The standard InChI is InChI=1S/C13H21N3O2/c1-13(2,3)18-12(17)15-10-6-4-5-9-8-14-16-11(9)7-10/h8,10H,4-7H2,1-3H3,(H,14,16)(H,15,17)/t10-/m1/s1. The molecule has 1 atom stereocenters. The summed E-state index contributed by atoms with van der Waals surface area (Å²) in [6, 6.07) is 0.126. The fourth-order valence-electron chi connectivity index (χ4n) is 2.21. The SMILES string of the molecule is CC(C)(C)OC(=O)N[C@@H]1CCCc2cn[nH]c2C1. The number of ether oxygens (including phenoxy) is 1. The van der Waals surface area contributed by atoms with Gasteiger partial charge in [0.2, 0.25) is 0 Å². The monoisotopic (exact) mass is 251 g/mol. The Labute approximate surface area is 107 Å². The first kappa shape index (κ1) is 12.9. The number of aromatic nitrogens is 2. The number of alkyl carbamates (subject to hydrolysis) is 1. The van der Waals surface area contributed by atoms with Crippen LogP contribution in [0.3, 0.4) is 0 Å². The Morgan fingerprint density at radius 3 is 3.06 bits per heavy atom. The molecule has 5 heteroatoms. The van der Waals surface area contributed by atoms with Gasteiger partial charge in [0.05, 0.1) is 6.20 Å². The maximum absolute atomic E-state index is 11.7. The average molecular weight is 251 g/mol. The lowest BCUT2D eigenvalue weighted by Crippen LogP contribution is -2.40. The second kappa shape index (κ2) is 5.00. The topological polar surface area (TPSA) is 67.0 Å². The number of rotatable bonds is 1. The minimum atomic E-state index is -0.450. The van der Waals surface area contributed by atoms with Crippen LogP contribution in [-0.2, 0) is 17.6 Å². The molecule has 0 aromatic carbocycles. The number of hydrogen-bond donors (Lipinski definition) is 2. The van der Waals surface area contributed by atoms with Crippen molar-refractivity contribution in [2.24, 2.45) is 0 Å². The van der Waals surface area contributed by atoms with Crippen molar-refractivity contribution in [1.82, 2.24) is 15.5 Å². The highest BCUT2D eigenvalue weighted by molar-refractivity contribution is 5.68. The number of nitrogens with one attached hydrogen (secondary N) is 2. The molecule has 1 aromatic rings. The van der Waals surface area contributed by atoms with E-state index in [1.807, 2.05) is 27.0 Å². The highest BCUT2D eigenvalue weighted by atomic mass is 16.6. The number of aryl methyl sites for hydroxylation is 1. The largest absolute Gasteiger partial charge is 0.444 e. The molecule has 0 saturated carbocycles. The van der Waals surface area contributed by atoms with Gasteiger partial charge in [0, 0.05) is 18.2 Å². The van der Waals surface area contributed by atoms with Crippen molar-refractivity contribution in [3.8, 4) is 0 Å². The average Bonchev–Trinajstić information content (AvgIpc) is 2.55. The highest BCUT2D eigenvalue weighted by Crippen LogP contribution is 2.19. The molecule has 0 aliphatic heterocycles. The van der Waals surface area contributed by atoms with E-state index >= 15 is 0 Å². The van der Waals surface area contributed by atoms with Gasteiger partial charge in [0.25, 0.3) is 0 Å². The quantitative estimate of drug-likeness (QED) is 0.752. The van der Waals surface area contributed by atoms with Crippen LogP contribution in [0.25, 0.3) is 0 Å². The predicted molar refractivity (Wildman–Crippen MR) is 68.4 cm³/mol. The van der Waals surface area contributed by atoms with Crippen LogP contribution >= 0.6 is 0 Å². The van der Waals surface area contributed by atoms with Crippen LogP contribution < -0.4 is 5.32 Å². The first-order valence-corrected chi connectivity index (χ1v) is 6.45. The van der Waals surface area contributed by atoms with Gasteiger partial charge in [0.15, 0.2) is 0 Å². The van der Waals surface area contributed by atoms with E-state index in [2.05, 4.69) is 15.5 Å². The molecule has 0 spiro atoms. The smallest absolute Gasteiger partial charge is 0.407 e. The van der Waals surface area contributed by atoms with E-state index in [9.17, 15) is 4.79 Å². The number of H-pyrrole nitrogens is 1. The van der Waals surface area contributed by atoms with Crippen molar-refractivity contribution in [3.63, 3.8) is 0 Å². The van der Waals surface area contributed by atoms with E-state index < -0.39 is 5.60 Å². The molecule has 5 nitrogen and oxygen atoms in total. The molecule has 0 unspecified atom stereocenters. The van der Waals surface area contributed by atoms with Gasteiger partial charge in [-0.3, -0.25) is 5.10 Å². The first-order valence-electron chi connectivity index (χ1n) is 6.45. The second-order valence-electron chi connectivity index (χ2n) is 5.81. The molecule has 2 rings (SSSR count). The Morgan fingerprint density at radius 2 is 2.33 bits per heavy atom. The highest BCUT2D eigenvalue weighted by Gasteiger charge is 2.22. The zero-order valence-corrected chi connectivity index (χ0v) is 11.2. The van der Waals surface area contributed by atoms with Crippen LogP contribution in [0.4, 0.5) is 4.79 Å². The summed E-state index contributed by atoms with van der Waals surface area (Å²) < 4.78 is 5.27. The molecule has 0 saturated heterocycles. The molecule has 1 aromatic heterocycles. The van der Waals surface area contributed by atoms with Crippen LogP contribution in [0.2, 0.25) is 0 Å². The molecule has 100 valence electrons. The van der Waals surface area contributed by atoms with E-state index in [0.717, 1.165) is 31.4 Å². The van der Waals surface area contributed by atoms with E-state index in [0.29, 0.717) is 0 Å². The third-order valence-electron chi connectivity index (χ3n) is 2.98.